The molecule has 0 atom stereocenters. The van der Waals surface area contributed by atoms with Crippen LogP contribution in [0.15, 0.2) is 33.3 Å². The van der Waals surface area contributed by atoms with E-state index in [0.717, 1.165) is 42.1 Å². The SMILES string of the molecule is Brc1cccc(Cc2noc(C3CCNCC3)n2)c1.Cl. The summed E-state index contributed by atoms with van der Waals surface area (Å²) in [6.45, 7) is 2.07. The summed E-state index contributed by atoms with van der Waals surface area (Å²) in [5, 5.41) is 7.44. The molecule has 1 aliphatic heterocycles. The van der Waals surface area contributed by atoms with Gasteiger partial charge in [0.2, 0.25) is 5.89 Å². The molecule has 108 valence electrons. The lowest BCUT2D eigenvalue weighted by molar-refractivity contribution is 0.318. The molecule has 1 aliphatic rings. The second-order valence-corrected chi connectivity index (χ2v) is 5.80. The number of benzene rings is 1. The van der Waals surface area contributed by atoms with E-state index in [1.54, 1.807) is 0 Å². The highest BCUT2D eigenvalue weighted by Gasteiger charge is 2.21. The van der Waals surface area contributed by atoms with Gasteiger partial charge in [0.15, 0.2) is 5.82 Å². The first kappa shape index (κ1) is 15.5. The van der Waals surface area contributed by atoms with Gasteiger partial charge in [0.25, 0.3) is 0 Å². The smallest absolute Gasteiger partial charge is 0.229 e. The van der Waals surface area contributed by atoms with Crippen LogP contribution >= 0.6 is 28.3 Å². The average Bonchev–Trinajstić information content (AvgIpc) is 2.88. The van der Waals surface area contributed by atoms with Gasteiger partial charge in [-0.2, -0.15) is 4.98 Å². The molecule has 0 spiro atoms. The van der Waals surface area contributed by atoms with Crippen molar-refractivity contribution in [1.82, 2.24) is 15.5 Å². The van der Waals surface area contributed by atoms with Crippen molar-refractivity contribution in [1.29, 1.82) is 0 Å². The molecule has 1 N–H and O–H groups in total. The van der Waals surface area contributed by atoms with Gasteiger partial charge in [-0.15, -0.1) is 12.4 Å². The molecular weight excluding hydrogens is 342 g/mol. The zero-order valence-corrected chi connectivity index (χ0v) is 13.4. The normalized spacial score (nSPS) is 15.8. The molecule has 0 bridgehead atoms. The molecule has 2 heterocycles. The molecule has 0 saturated carbocycles. The second kappa shape index (κ2) is 7.20. The van der Waals surface area contributed by atoms with E-state index < -0.39 is 0 Å². The van der Waals surface area contributed by atoms with E-state index in [1.807, 2.05) is 12.1 Å². The zero-order valence-electron chi connectivity index (χ0n) is 11.0. The van der Waals surface area contributed by atoms with Crippen molar-refractivity contribution in [3.05, 3.63) is 46.0 Å². The molecule has 1 saturated heterocycles. The molecule has 4 nitrogen and oxygen atoms in total. The van der Waals surface area contributed by atoms with E-state index in [-0.39, 0.29) is 12.4 Å². The summed E-state index contributed by atoms with van der Waals surface area (Å²) in [4.78, 5) is 4.54. The predicted molar refractivity (Wildman–Crippen MR) is 83.3 cm³/mol. The van der Waals surface area contributed by atoms with Crippen LogP contribution in [0, 0.1) is 0 Å². The minimum Gasteiger partial charge on any atom is -0.339 e. The highest BCUT2D eigenvalue weighted by atomic mass is 79.9. The third kappa shape index (κ3) is 3.81. The van der Waals surface area contributed by atoms with Crippen molar-refractivity contribution in [3.8, 4) is 0 Å². The average molecular weight is 359 g/mol. The van der Waals surface area contributed by atoms with Crippen molar-refractivity contribution in [2.24, 2.45) is 0 Å². The van der Waals surface area contributed by atoms with Crippen molar-refractivity contribution < 1.29 is 4.52 Å². The number of nitrogens with one attached hydrogen (secondary N) is 1. The summed E-state index contributed by atoms with van der Waals surface area (Å²) in [6, 6.07) is 8.19. The maximum absolute atomic E-state index is 5.41. The standard InChI is InChI=1S/C14H16BrN3O.ClH/c15-12-3-1-2-10(8-12)9-13-17-14(19-18-13)11-4-6-16-7-5-11;/h1-3,8,11,16H,4-7,9H2;1H. The summed E-state index contributed by atoms with van der Waals surface area (Å²) >= 11 is 3.47. The largest absolute Gasteiger partial charge is 0.339 e. The Morgan fingerprint density at radius 2 is 2.10 bits per heavy atom. The number of rotatable bonds is 3. The quantitative estimate of drug-likeness (QED) is 0.914. The topological polar surface area (TPSA) is 51.0 Å². The van der Waals surface area contributed by atoms with Crippen LogP contribution in [0.3, 0.4) is 0 Å². The first-order chi connectivity index (χ1) is 9.31. The number of piperidine rings is 1. The van der Waals surface area contributed by atoms with Crippen molar-refractivity contribution in [2.45, 2.75) is 25.2 Å². The van der Waals surface area contributed by atoms with Crippen LogP contribution < -0.4 is 5.32 Å². The number of hydrogen-bond donors (Lipinski definition) is 1. The molecule has 1 fully saturated rings. The lowest BCUT2D eigenvalue weighted by Gasteiger charge is -2.18. The Hall–Kier alpha value is -0.910. The number of aromatic nitrogens is 2. The summed E-state index contributed by atoms with van der Waals surface area (Å²) in [5.74, 6) is 1.99. The zero-order chi connectivity index (χ0) is 13.1. The van der Waals surface area contributed by atoms with Crippen LogP contribution in [-0.2, 0) is 6.42 Å². The number of halogens is 2. The predicted octanol–water partition coefficient (Wildman–Crippen LogP) is 3.31. The minimum atomic E-state index is 0. The van der Waals surface area contributed by atoms with Crippen molar-refractivity contribution in [3.63, 3.8) is 0 Å². The van der Waals surface area contributed by atoms with E-state index in [0.29, 0.717) is 12.3 Å². The highest BCUT2D eigenvalue weighted by molar-refractivity contribution is 9.10. The maximum atomic E-state index is 5.41. The third-order valence-corrected chi connectivity index (χ3v) is 3.92. The summed E-state index contributed by atoms with van der Waals surface area (Å²) in [7, 11) is 0. The Morgan fingerprint density at radius 3 is 2.85 bits per heavy atom. The summed E-state index contributed by atoms with van der Waals surface area (Å²) < 4.78 is 6.48. The molecule has 1 aromatic heterocycles. The Balaban J connectivity index is 0.00000147. The van der Waals surface area contributed by atoms with Gasteiger partial charge in [0.1, 0.15) is 0 Å². The monoisotopic (exact) mass is 357 g/mol. The second-order valence-electron chi connectivity index (χ2n) is 4.88. The highest BCUT2D eigenvalue weighted by Crippen LogP contribution is 2.24. The number of nitrogens with zero attached hydrogens (tertiary/aromatic N) is 2. The molecule has 3 rings (SSSR count). The molecule has 0 unspecified atom stereocenters. The lowest BCUT2D eigenvalue weighted by Crippen LogP contribution is -2.26. The molecule has 0 amide bonds. The lowest BCUT2D eigenvalue weighted by atomic mass is 9.98. The van der Waals surface area contributed by atoms with Crippen molar-refractivity contribution >= 4 is 28.3 Å². The van der Waals surface area contributed by atoms with E-state index in [4.69, 9.17) is 4.52 Å². The fourth-order valence-electron chi connectivity index (χ4n) is 2.40. The van der Waals surface area contributed by atoms with Crippen LogP contribution in [-0.4, -0.2) is 23.2 Å². The van der Waals surface area contributed by atoms with Gasteiger partial charge in [-0.1, -0.05) is 33.2 Å². The molecule has 20 heavy (non-hydrogen) atoms. The first-order valence-corrected chi connectivity index (χ1v) is 7.38. The van der Waals surface area contributed by atoms with Gasteiger partial charge in [-0.05, 0) is 43.6 Å². The molecule has 0 aliphatic carbocycles. The molecule has 0 radical (unpaired) electrons. The Bertz CT molecular complexity index is 555. The van der Waals surface area contributed by atoms with Crippen molar-refractivity contribution in [2.75, 3.05) is 13.1 Å². The Morgan fingerprint density at radius 1 is 1.30 bits per heavy atom. The van der Waals surface area contributed by atoms with Crippen LogP contribution in [0.5, 0.6) is 0 Å². The van der Waals surface area contributed by atoms with Gasteiger partial charge < -0.3 is 9.84 Å². The first-order valence-electron chi connectivity index (χ1n) is 6.59. The van der Waals surface area contributed by atoms with Crippen LogP contribution in [0.25, 0.3) is 0 Å². The number of hydrogen-bond acceptors (Lipinski definition) is 4. The van der Waals surface area contributed by atoms with Crippen LogP contribution in [0.1, 0.15) is 36.0 Å². The molecular formula is C14H17BrClN3O. The van der Waals surface area contributed by atoms with E-state index >= 15 is 0 Å². The van der Waals surface area contributed by atoms with Crippen LogP contribution in [0.2, 0.25) is 0 Å². The molecule has 2 aromatic rings. The summed E-state index contributed by atoms with van der Waals surface area (Å²) in [5.41, 5.74) is 1.19. The maximum Gasteiger partial charge on any atom is 0.229 e. The van der Waals surface area contributed by atoms with Gasteiger partial charge in [-0.25, -0.2) is 0 Å². The Kier molecular flexibility index (Phi) is 5.57. The summed E-state index contributed by atoms with van der Waals surface area (Å²) in [6.07, 6.45) is 2.88. The fourth-order valence-corrected chi connectivity index (χ4v) is 2.85. The Labute approximate surface area is 132 Å². The van der Waals surface area contributed by atoms with Gasteiger partial charge in [-0.3, -0.25) is 0 Å². The third-order valence-electron chi connectivity index (χ3n) is 3.42. The van der Waals surface area contributed by atoms with Crippen LogP contribution in [0.4, 0.5) is 0 Å². The molecule has 1 aromatic carbocycles. The molecule has 6 heteroatoms. The van der Waals surface area contributed by atoms with E-state index in [2.05, 4.69) is 43.5 Å². The minimum absolute atomic E-state index is 0. The van der Waals surface area contributed by atoms with Gasteiger partial charge in [0.05, 0.1) is 0 Å². The van der Waals surface area contributed by atoms with E-state index in [1.165, 1.54) is 5.56 Å². The fraction of sp³-hybridized carbons (Fsp3) is 0.429. The van der Waals surface area contributed by atoms with Gasteiger partial charge >= 0.3 is 0 Å². The van der Waals surface area contributed by atoms with E-state index in [9.17, 15) is 0 Å². The van der Waals surface area contributed by atoms with Gasteiger partial charge in [0, 0.05) is 16.8 Å².